The third-order valence-corrected chi connectivity index (χ3v) is 8.46. The highest BCUT2D eigenvalue weighted by molar-refractivity contribution is 7.67. The van der Waals surface area contributed by atoms with E-state index in [1.54, 1.807) is 0 Å². The standard InChI is InChI=1S/C8H17OP/c1-6-7(2)10(5,9)8(6,3)4/h6-7H,1-5H3. The maximum Gasteiger partial charge on any atom is 0.0933 e. The second-order valence-corrected chi connectivity index (χ2v) is 8.12. The van der Waals surface area contributed by atoms with Gasteiger partial charge in [-0.3, -0.25) is 0 Å². The SMILES string of the molecule is CC1C(C)P(C)(=O)C1(C)C. The molecule has 0 amide bonds. The second-order valence-electron chi connectivity index (χ2n) is 4.17. The smallest absolute Gasteiger partial charge is 0.0933 e. The van der Waals surface area contributed by atoms with Gasteiger partial charge in [-0.25, -0.2) is 0 Å². The molecule has 0 radical (unpaired) electrons. The van der Waals surface area contributed by atoms with Crippen molar-refractivity contribution in [2.45, 2.75) is 38.5 Å². The van der Waals surface area contributed by atoms with E-state index in [4.69, 9.17) is 0 Å². The third-order valence-electron chi connectivity index (χ3n) is 3.76. The summed E-state index contributed by atoms with van der Waals surface area (Å²) in [5, 5.41) is 0.104. The van der Waals surface area contributed by atoms with Gasteiger partial charge in [-0.05, 0) is 12.6 Å². The molecule has 1 rings (SSSR count). The molecule has 0 aromatic carbocycles. The summed E-state index contributed by atoms with van der Waals surface area (Å²) >= 11 is 0. The predicted molar refractivity (Wildman–Crippen MR) is 46.2 cm³/mol. The summed E-state index contributed by atoms with van der Waals surface area (Å²) < 4.78 is 11.9. The maximum atomic E-state index is 11.9. The average Bonchev–Trinajstić information content (AvgIpc) is 1.84. The Morgan fingerprint density at radius 3 is 1.80 bits per heavy atom. The first-order valence-electron chi connectivity index (χ1n) is 3.89. The van der Waals surface area contributed by atoms with Gasteiger partial charge in [-0.15, -0.1) is 0 Å². The van der Waals surface area contributed by atoms with Gasteiger partial charge in [0.2, 0.25) is 0 Å². The van der Waals surface area contributed by atoms with Crippen LogP contribution >= 0.6 is 7.14 Å². The van der Waals surface area contributed by atoms with Crippen molar-refractivity contribution < 1.29 is 4.57 Å². The van der Waals surface area contributed by atoms with Crippen LogP contribution in [0.25, 0.3) is 0 Å². The normalized spacial score (nSPS) is 52.1. The summed E-state index contributed by atoms with van der Waals surface area (Å²) in [6.07, 6.45) is 0. The van der Waals surface area contributed by atoms with Crippen LogP contribution in [0, 0.1) is 5.92 Å². The minimum absolute atomic E-state index is 0.104. The molecular formula is C8H17OP. The fraction of sp³-hybridized carbons (Fsp3) is 1.00. The molecule has 0 N–H and O–H groups in total. The lowest BCUT2D eigenvalue weighted by Gasteiger charge is -2.54. The van der Waals surface area contributed by atoms with Crippen LogP contribution in [0.4, 0.5) is 0 Å². The van der Waals surface area contributed by atoms with Gasteiger partial charge in [-0.2, -0.15) is 0 Å². The Kier molecular flexibility index (Phi) is 1.57. The summed E-state index contributed by atoms with van der Waals surface area (Å²) in [7, 11) is -1.82. The molecule has 0 aromatic heterocycles. The van der Waals surface area contributed by atoms with Crippen LogP contribution in [0.2, 0.25) is 0 Å². The Hall–Kier alpha value is 0.230. The van der Waals surface area contributed by atoms with Gasteiger partial charge >= 0.3 is 0 Å². The topological polar surface area (TPSA) is 17.1 Å². The van der Waals surface area contributed by atoms with Crippen LogP contribution in [0.15, 0.2) is 0 Å². The van der Waals surface area contributed by atoms with Gasteiger partial charge in [0.1, 0.15) is 0 Å². The van der Waals surface area contributed by atoms with Crippen LogP contribution in [0.3, 0.4) is 0 Å². The van der Waals surface area contributed by atoms with Gasteiger partial charge in [0.05, 0.1) is 7.14 Å². The third kappa shape index (κ3) is 0.676. The van der Waals surface area contributed by atoms with Gasteiger partial charge in [-0.1, -0.05) is 27.7 Å². The van der Waals surface area contributed by atoms with Crippen molar-refractivity contribution >= 4 is 7.14 Å². The Morgan fingerprint density at radius 1 is 1.30 bits per heavy atom. The largest absolute Gasteiger partial charge is 0.323 e. The number of rotatable bonds is 0. The molecule has 0 aromatic rings. The first kappa shape index (κ1) is 8.33. The van der Waals surface area contributed by atoms with Crippen LogP contribution in [0.5, 0.6) is 0 Å². The number of hydrogen-bond acceptors (Lipinski definition) is 1. The minimum atomic E-state index is -1.82. The fourth-order valence-electron chi connectivity index (χ4n) is 1.86. The summed E-state index contributed by atoms with van der Waals surface area (Å²) in [5.41, 5.74) is 0.447. The van der Waals surface area contributed by atoms with Gasteiger partial charge in [0.15, 0.2) is 0 Å². The first-order valence-corrected chi connectivity index (χ1v) is 6.11. The second kappa shape index (κ2) is 1.88. The highest BCUT2D eigenvalue weighted by atomic mass is 31.2. The molecule has 1 nitrogen and oxygen atoms in total. The molecular weight excluding hydrogens is 143 g/mol. The van der Waals surface area contributed by atoms with E-state index in [1.165, 1.54) is 0 Å². The van der Waals surface area contributed by atoms with E-state index < -0.39 is 7.14 Å². The maximum absolute atomic E-state index is 11.9. The van der Waals surface area contributed by atoms with Crippen molar-refractivity contribution in [3.05, 3.63) is 0 Å². The molecule has 1 heterocycles. The van der Waals surface area contributed by atoms with E-state index in [-0.39, 0.29) is 5.16 Å². The lowest BCUT2D eigenvalue weighted by Crippen LogP contribution is -2.49. The zero-order valence-corrected chi connectivity index (χ0v) is 8.40. The molecule has 10 heavy (non-hydrogen) atoms. The highest BCUT2D eigenvalue weighted by Gasteiger charge is 2.57. The molecule has 1 aliphatic rings. The van der Waals surface area contributed by atoms with E-state index in [2.05, 4.69) is 27.7 Å². The molecule has 2 heteroatoms. The zero-order valence-electron chi connectivity index (χ0n) is 7.51. The Bertz CT molecular complexity index is 195. The quantitative estimate of drug-likeness (QED) is 0.498. The molecule has 1 aliphatic heterocycles. The fourth-order valence-corrected chi connectivity index (χ4v) is 4.93. The lowest BCUT2D eigenvalue weighted by molar-refractivity contribution is 0.347. The Morgan fingerprint density at radius 2 is 1.70 bits per heavy atom. The van der Waals surface area contributed by atoms with E-state index in [0.29, 0.717) is 11.6 Å². The first-order chi connectivity index (χ1) is 4.32. The van der Waals surface area contributed by atoms with Crippen molar-refractivity contribution in [3.8, 4) is 0 Å². The molecule has 0 aliphatic carbocycles. The Labute approximate surface area is 63.6 Å². The van der Waals surface area contributed by atoms with Crippen molar-refractivity contribution in [2.24, 2.45) is 5.92 Å². The van der Waals surface area contributed by atoms with Crippen molar-refractivity contribution in [1.82, 2.24) is 0 Å². The summed E-state index contributed by atoms with van der Waals surface area (Å²) in [5.74, 6) is 0.628. The summed E-state index contributed by atoms with van der Waals surface area (Å²) in [6.45, 7) is 10.5. The predicted octanol–water partition coefficient (Wildman–Crippen LogP) is 2.80. The van der Waals surface area contributed by atoms with Crippen molar-refractivity contribution in [3.63, 3.8) is 0 Å². The van der Waals surface area contributed by atoms with Crippen LogP contribution in [0.1, 0.15) is 27.7 Å². The summed E-state index contributed by atoms with van der Waals surface area (Å²) in [4.78, 5) is 0. The molecule has 0 saturated carbocycles. The van der Waals surface area contributed by atoms with Gasteiger partial charge in [0.25, 0.3) is 0 Å². The van der Waals surface area contributed by atoms with E-state index >= 15 is 0 Å². The molecule has 60 valence electrons. The van der Waals surface area contributed by atoms with Gasteiger partial charge < -0.3 is 4.57 Å². The van der Waals surface area contributed by atoms with Crippen LogP contribution in [-0.2, 0) is 4.57 Å². The van der Waals surface area contributed by atoms with Gasteiger partial charge in [0, 0.05) is 10.8 Å². The van der Waals surface area contributed by atoms with E-state index in [1.807, 2.05) is 6.66 Å². The molecule has 3 atom stereocenters. The Balaban J connectivity index is 2.93. The molecule has 3 unspecified atom stereocenters. The highest BCUT2D eigenvalue weighted by Crippen LogP contribution is 2.73. The van der Waals surface area contributed by atoms with Crippen molar-refractivity contribution in [2.75, 3.05) is 6.66 Å². The monoisotopic (exact) mass is 160 g/mol. The van der Waals surface area contributed by atoms with Crippen LogP contribution in [-0.4, -0.2) is 17.5 Å². The van der Waals surface area contributed by atoms with Crippen molar-refractivity contribution in [1.29, 1.82) is 0 Å². The molecule has 0 bridgehead atoms. The minimum Gasteiger partial charge on any atom is -0.323 e. The van der Waals surface area contributed by atoms with Crippen LogP contribution < -0.4 is 0 Å². The molecule has 0 spiro atoms. The molecule has 1 fully saturated rings. The number of hydrogen-bond donors (Lipinski definition) is 0. The summed E-state index contributed by atoms with van der Waals surface area (Å²) in [6, 6.07) is 0. The van der Waals surface area contributed by atoms with E-state index in [0.717, 1.165) is 0 Å². The zero-order chi connectivity index (χ0) is 8.15. The average molecular weight is 160 g/mol. The van der Waals surface area contributed by atoms with E-state index in [9.17, 15) is 4.57 Å². The lowest BCUT2D eigenvalue weighted by atomic mass is 9.92. The molecule has 1 saturated heterocycles.